The van der Waals surface area contributed by atoms with Crippen molar-refractivity contribution in [2.45, 2.75) is 13.0 Å². The van der Waals surface area contributed by atoms with E-state index in [0.29, 0.717) is 12.5 Å². The first-order valence-electron chi connectivity index (χ1n) is 5.78. The summed E-state index contributed by atoms with van der Waals surface area (Å²) in [6.07, 6.45) is 1.17. The largest absolute Gasteiger partial charge is 0.384 e. The van der Waals surface area contributed by atoms with Gasteiger partial charge in [-0.2, -0.15) is 0 Å². The Bertz CT molecular complexity index is 321. The smallest absolute Gasteiger partial charge is 0.0733 e. The summed E-state index contributed by atoms with van der Waals surface area (Å²) in [4.78, 5) is 0. The predicted molar refractivity (Wildman–Crippen MR) is 64.6 cm³/mol. The second-order valence-electron chi connectivity index (χ2n) is 4.20. The summed E-state index contributed by atoms with van der Waals surface area (Å²) in [5.41, 5.74) is 2.39. The van der Waals surface area contributed by atoms with Crippen LogP contribution in [0, 0.1) is 5.92 Å². The lowest BCUT2D eigenvalue weighted by molar-refractivity contribution is 0.185. The summed E-state index contributed by atoms with van der Waals surface area (Å²) in [7, 11) is 1.72. The van der Waals surface area contributed by atoms with Crippen LogP contribution in [0.3, 0.4) is 0 Å². The maximum atomic E-state index is 5.36. The van der Waals surface area contributed by atoms with Gasteiger partial charge in [-0.25, -0.2) is 0 Å². The number of hydrogen-bond acceptors (Lipinski definition) is 3. The fourth-order valence-electron chi connectivity index (χ4n) is 1.97. The van der Waals surface area contributed by atoms with Gasteiger partial charge in [0.05, 0.1) is 13.2 Å². The van der Waals surface area contributed by atoms with Crippen molar-refractivity contribution < 1.29 is 9.47 Å². The van der Waals surface area contributed by atoms with E-state index in [1.807, 2.05) is 12.1 Å². The molecule has 0 spiro atoms. The van der Waals surface area contributed by atoms with Crippen molar-refractivity contribution in [3.8, 4) is 0 Å². The van der Waals surface area contributed by atoms with Crippen molar-refractivity contribution >= 4 is 5.69 Å². The normalized spacial score (nSPS) is 19.9. The quantitative estimate of drug-likeness (QED) is 0.827. The molecule has 0 radical (unpaired) electrons. The van der Waals surface area contributed by atoms with Crippen LogP contribution in [0.1, 0.15) is 12.0 Å². The Morgan fingerprint density at radius 3 is 3.06 bits per heavy atom. The highest BCUT2D eigenvalue weighted by atomic mass is 16.5. The average molecular weight is 221 g/mol. The van der Waals surface area contributed by atoms with Crippen molar-refractivity contribution in [2.75, 3.05) is 32.2 Å². The molecule has 1 N–H and O–H groups in total. The summed E-state index contributed by atoms with van der Waals surface area (Å²) >= 11 is 0. The highest BCUT2D eigenvalue weighted by Crippen LogP contribution is 2.18. The third-order valence-electron chi connectivity index (χ3n) is 2.92. The van der Waals surface area contributed by atoms with Gasteiger partial charge in [0.25, 0.3) is 0 Å². The molecule has 1 heterocycles. The molecule has 0 bridgehead atoms. The standard InChI is InChI=1S/C13H19NO2/c1-15-10-12-4-2-3-5-13(12)14-8-11-6-7-16-9-11/h2-5,11,14H,6-10H2,1H3. The molecule has 3 nitrogen and oxygen atoms in total. The first kappa shape index (κ1) is 11.4. The first-order chi connectivity index (χ1) is 7.90. The lowest BCUT2D eigenvalue weighted by Crippen LogP contribution is -2.15. The van der Waals surface area contributed by atoms with Crippen LogP contribution in [0.15, 0.2) is 24.3 Å². The van der Waals surface area contributed by atoms with Gasteiger partial charge in [0.15, 0.2) is 0 Å². The lowest BCUT2D eigenvalue weighted by atomic mass is 10.1. The predicted octanol–water partition coefficient (Wildman–Crippen LogP) is 2.28. The lowest BCUT2D eigenvalue weighted by Gasteiger charge is -2.14. The van der Waals surface area contributed by atoms with Gasteiger partial charge in [-0.05, 0) is 12.5 Å². The van der Waals surface area contributed by atoms with Gasteiger partial charge in [-0.1, -0.05) is 18.2 Å². The van der Waals surface area contributed by atoms with Gasteiger partial charge >= 0.3 is 0 Å². The monoisotopic (exact) mass is 221 g/mol. The molecule has 1 aromatic rings. The molecule has 16 heavy (non-hydrogen) atoms. The Morgan fingerprint density at radius 1 is 1.44 bits per heavy atom. The van der Waals surface area contributed by atoms with Crippen LogP contribution in [0.5, 0.6) is 0 Å². The molecule has 1 aromatic carbocycles. The Labute approximate surface area is 96.8 Å². The number of benzene rings is 1. The van der Waals surface area contributed by atoms with Crippen LogP contribution in [0.25, 0.3) is 0 Å². The van der Waals surface area contributed by atoms with Gasteiger partial charge in [-0.3, -0.25) is 0 Å². The number of para-hydroxylation sites is 1. The zero-order valence-electron chi connectivity index (χ0n) is 9.74. The van der Waals surface area contributed by atoms with Crippen LogP contribution in [-0.2, 0) is 16.1 Å². The van der Waals surface area contributed by atoms with Crippen LogP contribution < -0.4 is 5.32 Å². The molecule has 0 aromatic heterocycles. The molecule has 0 saturated carbocycles. The van der Waals surface area contributed by atoms with E-state index in [-0.39, 0.29) is 0 Å². The van der Waals surface area contributed by atoms with Crippen molar-refractivity contribution in [1.29, 1.82) is 0 Å². The number of methoxy groups -OCH3 is 1. The third kappa shape index (κ3) is 2.97. The van der Waals surface area contributed by atoms with E-state index in [9.17, 15) is 0 Å². The second-order valence-corrected chi connectivity index (χ2v) is 4.20. The van der Waals surface area contributed by atoms with Crippen molar-refractivity contribution in [1.82, 2.24) is 0 Å². The Morgan fingerprint density at radius 2 is 2.31 bits per heavy atom. The number of rotatable bonds is 5. The van der Waals surface area contributed by atoms with Crippen LogP contribution in [0.2, 0.25) is 0 Å². The molecule has 3 heteroatoms. The second kappa shape index (κ2) is 5.87. The highest BCUT2D eigenvalue weighted by Gasteiger charge is 2.15. The Hall–Kier alpha value is -1.06. The molecule has 0 amide bonds. The van der Waals surface area contributed by atoms with E-state index in [1.165, 1.54) is 17.7 Å². The van der Waals surface area contributed by atoms with E-state index >= 15 is 0 Å². The van der Waals surface area contributed by atoms with E-state index in [0.717, 1.165) is 19.8 Å². The molecule has 1 saturated heterocycles. The molecule has 2 rings (SSSR count). The minimum absolute atomic E-state index is 0.649. The molecular weight excluding hydrogens is 202 g/mol. The molecule has 1 aliphatic rings. The fourth-order valence-corrected chi connectivity index (χ4v) is 1.97. The number of hydrogen-bond donors (Lipinski definition) is 1. The Balaban J connectivity index is 1.91. The van der Waals surface area contributed by atoms with Crippen LogP contribution in [-0.4, -0.2) is 26.9 Å². The van der Waals surface area contributed by atoms with E-state index in [2.05, 4.69) is 17.4 Å². The van der Waals surface area contributed by atoms with Crippen molar-refractivity contribution in [3.05, 3.63) is 29.8 Å². The highest BCUT2D eigenvalue weighted by molar-refractivity contribution is 5.50. The zero-order chi connectivity index (χ0) is 11.2. The maximum Gasteiger partial charge on any atom is 0.0733 e. The van der Waals surface area contributed by atoms with Gasteiger partial charge in [0.1, 0.15) is 0 Å². The molecule has 1 aliphatic heterocycles. The molecule has 0 aliphatic carbocycles. The minimum Gasteiger partial charge on any atom is -0.384 e. The Kier molecular flexibility index (Phi) is 4.19. The van der Waals surface area contributed by atoms with Gasteiger partial charge in [0, 0.05) is 37.4 Å². The summed E-state index contributed by atoms with van der Waals surface area (Å²) in [5, 5.41) is 3.48. The van der Waals surface area contributed by atoms with Crippen LogP contribution >= 0.6 is 0 Å². The molecule has 1 unspecified atom stereocenters. The van der Waals surface area contributed by atoms with Crippen molar-refractivity contribution in [2.24, 2.45) is 5.92 Å². The third-order valence-corrected chi connectivity index (χ3v) is 2.92. The number of ether oxygens (including phenoxy) is 2. The molecule has 88 valence electrons. The number of nitrogens with one attached hydrogen (secondary N) is 1. The topological polar surface area (TPSA) is 30.5 Å². The average Bonchev–Trinajstić information content (AvgIpc) is 2.81. The molecule has 1 atom stereocenters. The van der Waals surface area contributed by atoms with Gasteiger partial charge < -0.3 is 14.8 Å². The zero-order valence-corrected chi connectivity index (χ0v) is 9.74. The summed E-state index contributed by atoms with van der Waals surface area (Å²) < 4.78 is 10.5. The van der Waals surface area contributed by atoms with E-state index in [4.69, 9.17) is 9.47 Å². The molecular formula is C13H19NO2. The molecule has 1 fully saturated rings. The maximum absolute atomic E-state index is 5.36. The summed E-state index contributed by atoms with van der Waals surface area (Å²) in [6.45, 7) is 3.44. The SMILES string of the molecule is COCc1ccccc1NCC1CCOC1. The van der Waals surface area contributed by atoms with Crippen molar-refractivity contribution in [3.63, 3.8) is 0 Å². The fraction of sp³-hybridized carbons (Fsp3) is 0.538. The summed E-state index contributed by atoms with van der Waals surface area (Å²) in [6, 6.07) is 8.28. The van der Waals surface area contributed by atoms with Gasteiger partial charge in [-0.15, -0.1) is 0 Å². The van der Waals surface area contributed by atoms with E-state index < -0.39 is 0 Å². The van der Waals surface area contributed by atoms with Gasteiger partial charge in [0.2, 0.25) is 0 Å². The van der Waals surface area contributed by atoms with E-state index in [1.54, 1.807) is 7.11 Å². The summed E-state index contributed by atoms with van der Waals surface area (Å²) in [5.74, 6) is 0.649. The number of anilines is 1. The first-order valence-corrected chi connectivity index (χ1v) is 5.78. The minimum atomic E-state index is 0.649. The van der Waals surface area contributed by atoms with Crippen LogP contribution in [0.4, 0.5) is 5.69 Å².